The largest absolute Gasteiger partial charge is 0.508 e. The number of carboxylic acid groups (broad SMARTS) is 4. The van der Waals surface area contributed by atoms with Crippen LogP contribution in [0.5, 0.6) is 5.75 Å². The Kier molecular flexibility index (Phi) is 36.5. The number of carbonyl (C=O) groups excluding carboxylic acids is 8. The number of para-hydroxylation sites is 1. The number of carbonyl (C=O) groups is 12. The Morgan fingerprint density at radius 2 is 1.19 bits per heavy atom. The highest BCUT2D eigenvalue weighted by molar-refractivity contribution is 8.76. The minimum atomic E-state index is -1.78. The molecule has 0 bridgehead atoms. The van der Waals surface area contributed by atoms with Gasteiger partial charge in [-0.15, -0.1) is 10.1 Å². The fraction of sp³-hybridized carbons (Fsp3) is 0.472. The molecule has 0 saturated carbocycles. The van der Waals surface area contributed by atoms with E-state index in [2.05, 4.69) is 52.8 Å². The molecule has 3 unspecified atom stereocenters. The van der Waals surface area contributed by atoms with E-state index in [0.29, 0.717) is 45.3 Å². The summed E-state index contributed by atoms with van der Waals surface area (Å²) in [6.07, 6.45) is -1.39. The van der Waals surface area contributed by atoms with Crippen molar-refractivity contribution in [3.63, 3.8) is 0 Å². The number of nitrogens with two attached hydrogens (primary N) is 1. The van der Waals surface area contributed by atoms with E-state index in [1.54, 1.807) is 92.0 Å². The first-order chi connectivity index (χ1) is 52.4. The number of aliphatic hydroxyl groups excluding tert-OH is 3. The third-order valence-electron chi connectivity index (χ3n) is 17.5. The number of fused-ring (bicyclic) bond motifs is 1. The number of hydrogen-bond acceptors (Lipinski definition) is 25. The fourth-order valence-corrected chi connectivity index (χ4v) is 14.3. The smallest absolute Gasteiger partial charge is 0.317 e. The SMILES string of the molecule is COON([C@H](Cc1ccc(NCC(=O)NC(Cc2ccccc2)C(=O)NC2CSSCC(C(=O)N[C@H](CO)[C@@H](C)O)NC(=O)[C@H]([C@@H](C)O)NC(=O)[C@H](CCCCN)NC(=O)[C@H](Cc3c[nH]c4ccccc34)NC(=O)[C@H](Cc3ccc(O)cc3)NC2=O)cc1)CN(CC(=O)O)CC(=O)O)[C@@H](C)CN(CC(=O)O)CC(=O)O. The first-order valence-electron chi connectivity index (χ1n) is 35.3. The van der Waals surface area contributed by atoms with Gasteiger partial charge >= 0.3 is 23.9 Å². The van der Waals surface area contributed by atoms with E-state index >= 15 is 14.4 Å². The number of hydroxylamine groups is 2. The maximum absolute atomic E-state index is 15.3. The van der Waals surface area contributed by atoms with Crippen molar-refractivity contribution in [1.29, 1.82) is 0 Å². The Hall–Kier alpha value is -10.00. The molecule has 12 atom stereocenters. The van der Waals surface area contributed by atoms with E-state index in [1.807, 2.05) is 0 Å². The molecule has 6 rings (SSSR count). The summed E-state index contributed by atoms with van der Waals surface area (Å²) in [6, 6.07) is 13.7. The molecule has 1 saturated heterocycles. The summed E-state index contributed by atoms with van der Waals surface area (Å²) in [5.74, 6) is -13.6. The van der Waals surface area contributed by atoms with Gasteiger partial charge in [-0.25, -0.2) is 4.89 Å². The van der Waals surface area contributed by atoms with Gasteiger partial charge in [0.15, 0.2) is 0 Å². The Morgan fingerprint density at radius 1 is 0.627 bits per heavy atom. The van der Waals surface area contributed by atoms with Gasteiger partial charge in [0.1, 0.15) is 48.0 Å². The van der Waals surface area contributed by atoms with Gasteiger partial charge in [0.25, 0.3) is 0 Å². The molecule has 0 spiro atoms. The van der Waals surface area contributed by atoms with Crippen LogP contribution < -0.4 is 53.6 Å². The van der Waals surface area contributed by atoms with Crippen LogP contribution in [0.2, 0.25) is 0 Å². The van der Waals surface area contributed by atoms with Gasteiger partial charge in [0.2, 0.25) is 47.3 Å². The van der Waals surface area contributed by atoms with Crippen LogP contribution in [0, 0.1) is 0 Å². The van der Waals surface area contributed by atoms with Gasteiger partial charge in [-0.05, 0) is 106 Å². The van der Waals surface area contributed by atoms with Gasteiger partial charge in [-0.3, -0.25) is 67.3 Å². The zero-order chi connectivity index (χ0) is 80.6. The molecule has 600 valence electrons. The van der Waals surface area contributed by atoms with Gasteiger partial charge in [-0.1, -0.05) is 94.4 Å². The van der Waals surface area contributed by atoms with Crippen LogP contribution in [0.25, 0.3) is 10.9 Å². The lowest BCUT2D eigenvalue weighted by atomic mass is 10.0. The lowest BCUT2D eigenvalue weighted by Gasteiger charge is -2.37. The molecule has 8 amide bonds. The third-order valence-corrected chi connectivity index (χ3v) is 19.9. The summed E-state index contributed by atoms with van der Waals surface area (Å²) in [4.78, 5) is 181. The number of unbranched alkanes of at least 4 members (excludes halogenated alkanes) is 1. The van der Waals surface area contributed by atoms with Crippen molar-refractivity contribution in [2.75, 3.05) is 82.9 Å². The molecule has 1 fully saturated rings. The highest BCUT2D eigenvalue weighted by atomic mass is 33.1. The number of amides is 8. The second-order valence-electron chi connectivity index (χ2n) is 26.4. The Labute approximate surface area is 641 Å². The first-order valence-corrected chi connectivity index (χ1v) is 37.8. The summed E-state index contributed by atoms with van der Waals surface area (Å²) in [6.45, 7) is -0.275. The zero-order valence-corrected chi connectivity index (χ0v) is 62.7. The molecule has 110 heavy (non-hydrogen) atoms. The van der Waals surface area contributed by atoms with E-state index in [9.17, 15) is 84.0 Å². The number of aromatic amines is 1. The highest BCUT2D eigenvalue weighted by Crippen LogP contribution is 2.26. The number of phenols is 1. The van der Waals surface area contributed by atoms with Crippen LogP contribution in [0.15, 0.2) is 109 Å². The Bertz CT molecular complexity index is 3850. The Morgan fingerprint density at radius 3 is 1.79 bits per heavy atom. The molecular formula is C72H98N14O22S2. The van der Waals surface area contributed by atoms with E-state index in [1.165, 1.54) is 43.2 Å². The highest BCUT2D eigenvalue weighted by Gasteiger charge is 2.38. The fourth-order valence-electron chi connectivity index (χ4n) is 12.0. The second-order valence-corrected chi connectivity index (χ2v) is 29.0. The number of phenolic OH excluding ortho intramolecular Hbond substituents is 1. The van der Waals surface area contributed by atoms with E-state index in [0.717, 1.165) is 38.5 Å². The minimum Gasteiger partial charge on any atom is -0.508 e. The maximum Gasteiger partial charge on any atom is 0.317 e. The molecule has 1 aliphatic rings. The molecule has 36 nitrogen and oxygen atoms in total. The van der Waals surface area contributed by atoms with Gasteiger partial charge < -0.3 is 99.4 Å². The van der Waals surface area contributed by atoms with Gasteiger partial charge in [-0.2, -0.15) is 0 Å². The summed E-state index contributed by atoms with van der Waals surface area (Å²) in [5.41, 5.74) is 8.92. The molecule has 2 heterocycles. The van der Waals surface area contributed by atoms with Crippen LogP contribution >= 0.6 is 21.6 Å². The quantitative estimate of drug-likeness (QED) is 0.00894. The molecule has 1 aromatic heterocycles. The van der Waals surface area contributed by atoms with Gasteiger partial charge in [0.05, 0.1) is 70.7 Å². The number of benzene rings is 4. The molecule has 1 aliphatic heterocycles. The van der Waals surface area contributed by atoms with Crippen LogP contribution in [0.4, 0.5) is 5.69 Å². The number of hydrogen-bond donors (Lipinski definition) is 19. The number of nitrogens with one attached hydrogen (secondary N) is 10. The summed E-state index contributed by atoms with van der Waals surface area (Å²) >= 11 is 0. The van der Waals surface area contributed by atoms with Crippen molar-refractivity contribution in [3.05, 3.63) is 132 Å². The van der Waals surface area contributed by atoms with Crippen molar-refractivity contribution in [2.45, 2.75) is 138 Å². The molecule has 0 radical (unpaired) electrons. The van der Waals surface area contributed by atoms with Crippen LogP contribution in [0.1, 0.15) is 62.3 Å². The number of anilines is 1. The topological polar surface area (TPSA) is 545 Å². The molecule has 4 aromatic carbocycles. The number of aliphatic carboxylic acids is 4. The van der Waals surface area contributed by atoms with Crippen molar-refractivity contribution in [1.82, 2.24) is 62.4 Å². The standard InChI is InChI=1S/C72H98N14O22S2/c1-41(32-84(34-61(92)93)35-62(94)95)86(108-107-4)49(33-85(36-63(96)97)37-64(98)99)26-45-17-21-48(22-18-45)74-31-60(91)76-54(27-44-12-6-5-7-13-44)67(101)81-58-39-109-110-40-59(71(105)80-57(38-87)42(2)88)82-72(106)65(43(3)89)83-66(100)53(16-10-11-25-73)77-69(103)56(29-47-30-75-52-15-9-8-14-51(47)52)79-68(102)55(78-70(58)104)28-46-19-23-50(90)24-20-46/h5-9,12-15,17-24,30,41-43,49,53-59,65,74-75,87-90H,10-11,16,25-29,31-40,73H2,1-4H3,(H,76,91)(H,77,103)(H,78,104)(H,79,102)(H,80,105)(H,81,101)(H,82,106)(H,83,100)(H,92,93)(H,94,95)(H,96,97)(H,98,99)/t41-,42+,43+,49+,53-,54?,55-,56-,57+,58?,59?,65-/m0/s1. The predicted molar refractivity (Wildman–Crippen MR) is 403 cm³/mol. The van der Waals surface area contributed by atoms with Crippen molar-refractivity contribution in [3.8, 4) is 5.75 Å². The number of H-pyrrole nitrogens is 1. The number of aliphatic hydroxyl groups is 3. The number of aromatic nitrogens is 1. The normalized spacial score (nSPS) is 19.4. The monoisotopic (exact) mass is 1570 g/mol. The molecular weight excluding hydrogens is 1480 g/mol. The number of rotatable bonds is 39. The number of nitrogens with zero attached hydrogens (tertiary/aromatic N) is 3. The van der Waals surface area contributed by atoms with E-state index in [4.69, 9.17) is 15.6 Å². The van der Waals surface area contributed by atoms with Crippen molar-refractivity contribution in [2.24, 2.45) is 5.73 Å². The average Bonchev–Trinajstić information content (AvgIpc) is 1.63. The van der Waals surface area contributed by atoms with Gasteiger partial charge in [0, 0.05) is 72.7 Å². The van der Waals surface area contributed by atoms with E-state index < -0.39 is 183 Å². The lowest BCUT2D eigenvalue weighted by molar-refractivity contribution is -0.434. The van der Waals surface area contributed by atoms with Crippen LogP contribution in [-0.2, 0) is 93.1 Å². The van der Waals surface area contributed by atoms with E-state index in [-0.39, 0.29) is 75.4 Å². The third kappa shape index (κ3) is 29.8. The van der Waals surface area contributed by atoms with Crippen molar-refractivity contribution < 1.29 is 108 Å². The number of carboxylic acids is 4. The zero-order valence-electron chi connectivity index (χ0n) is 61.1. The number of aromatic hydroxyl groups is 1. The molecule has 0 aliphatic carbocycles. The predicted octanol–water partition coefficient (Wildman–Crippen LogP) is -1.79. The Balaban J connectivity index is 1.35. The van der Waals surface area contributed by atoms with Crippen LogP contribution in [0.3, 0.4) is 0 Å². The van der Waals surface area contributed by atoms with Crippen LogP contribution in [-0.4, -0.2) is 282 Å². The maximum atomic E-state index is 15.3. The molecule has 38 heteroatoms. The molecule has 5 aromatic rings. The summed E-state index contributed by atoms with van der Waals surface area (Å²) < 4.78 is 0. The average molecular weight is 1580 g/mol. The second kappa shape index (κ2) is 45.2. The lowest BCUT2D eigenvalue weighted by Crippen LogP contribution is -2.62. The minimum absolute atomic E-state index is 0.0108. The summed E-state index contributed by atoms with van der Waals surface area (Å²) in [5, 5.41) is 107. The molecule has 20 N–H and O–H groups in total. The summed E-state index contributed by atoms with van der Waals surface area (Å²) in [7, 11) is 2.95. The van der Waals surface area contributed by atoms with Crippen molar-refractivity contribution >= 4 is 109 Å². The first kappa shape index (κ1) is 88.9.